The van der Waals surface area contributed by atoms with Crippen LogP contribution in [0.5, 0.6) is 11.5 Å². The molecule has 2 N–H and O–H groups in total. The van der Waals surface area contributed by atoms with E-state index in [9.17, 15) is 9.59 Å². The Morgan fingerprint density at radius 3 is 2.62 bits per heavy atom. The molecule has 0 bridgehead atoms. The second-order valence-corrected chi connectivity index (χ2v) is 5.93. The van der Waals surface area contributed by atoms with E-state index in [-0.39, 0.29) is 0 Å². The lowest BCUT2D eigenvalue weighted by Gasteiger charge is -2.10. The van der Waals surface area contributed by atoms with Crippen molar-refractivity contribution in [3.8, 4) is 11.5 Å². The lowest BCUT2D eigenvalue weighted by atomic mass is 10.2. The van der Waals surface area contributed by atoms with Gasteiger partial charge < -0.3 is 9.47 Å². The molecule has 0 unspecified atom stereocenters. The normalized spacial score (nSPS) is 13.1. The predicted octanol–water partition coefficient (Wildman–Crippen LogP) is 2.98. The minimum Gasteiger partial charge on any atom is -0.489 e. The summed E-state index contributed by atoms with van der Waals surface area (Å²) in [5, 5.41) is 0.418. The molecule has 26 heavy (non-hydrogen) atoms. The number of carbonyl (C=O) groups excluding carboxylic acids is 2. The zero-order chi connectivity index (χ0) is 18.4. The molecule has 0 radical (unpaired) electrons. The molecule has 2 aromatic rings. The van der Waals surface area contributed by atoms with Crippen LogP contribution in [0.4, 0.5) is 0 Å². The highest BCUT2D eigenvalue weighted by molar-refractivity contribution is 6.32. The van der Waals surface area contributed by atoms with Crippen molar-refractivity contribution in [2.24, 2.45) is 0 Å². The zero-order valence-corrected chi connectivity index (χ0v) is 14.6. The molecule has 3 rings (SSSR count). The molecule has 0 aliphatic carbocycles. The minimum absolute atomic E-state index is 0.397. The van der Waals surface area contributed by atoms with Gasteiger partial charge in [0.25, 0.3) is 11.8 Å². The van der Waals surface area contributed by atoms with Crippen molar-refractivity contribution in [3.05, 3.63) is 64.7 Å². The van der Waals surface area contributed by atoms with Crippen molar-refractivity contribution in [3.63, 3.8) is 0 Å². The van der Waals surface area contributed by atoms with Gasteiger partial charge in [0.2, 0.25) is 0 Å². The van der Waals surface area contributed by atoms with Gasteiger partial charge in [-0.2, -0.15) is 0 Å². The molecule has 1 aliphatic heterocycles. The number of nitrogens with one attached hydrogen (secondary N) is 2. The third kappa shape index (κ3) is 4.55. The van der Waals surface area contributed by atoms with E-state index in [1.807, 2.05) is 0 Å². The van der Waals surface area contributed by atoms with E-state index in [0.717, 1.165) is 6.42 Å². The van der Waals surface area contributed by atoms with Crippen molar-refractivity contribution in [2.45, 2.75) is 6.42 Å². The fraction of sp³-hybridized carbons (Fsp3) is 0.158. The number of fused-ring (bicyclic) bond motifs is 1. The third-order valence-electron chi connectivity index (χ3n) is 3.59. The van der Waals surface area contributed by atoms with E-state index in [0.29, 0.717) is 40.9 Å². The Balaban J connectivity index is 1.61. The summed E-state index contributed by atoms with van der Waals surface area (Å²) < 4.78 is 11.2. The van der Waals surface area contributed by atoms with E-state index in [1.54, 1.807) is 48.5 Å². The SMILES string of the molecule is O=C(/C=C/c1cc(Cl)c2c(c1)OCCCO2)NNC(=O)c1ccccc1. The fourth-order valence-corrected chi connectivity index (χ4v) is 2.61. The van der Waals surface area contributed by atoms with Crippen molar-refractivity contribution in [2.75, 3.05) is 13.2 Å². The summed E-state index contributed by atoms with van der Waals surface area (Å²) in [6, 6.07) is 12.0. The van der Waals surface area contributed by atoms with Gasteiger partial charge in [-0.05, 0) is 35.9 Å². The van der Waals surface area contributed by atoms with E-state index < -0.39 is 11.8 Å². The number of halogens is 1. The Hall–Kier alpha value is -2.99. The van der Waals surface area contributed by atoms with Crippen LogP contribution in [0.3, 0.4) is 0 Å². The predicted molar refractivity (Wildman–Crippen MR) is 98.1 cm³/mol. The van der Waals surface area contributed by atoms with Crippen LogP contribution in [0.15, 0.2) is 48.5 Å². The first-order chi connectivity index (χ1) is 12.6. The van der Waals surface area contributed by atoms with Crippen LogP contribution < -0.4 is 20.3 Å². The number of hydrazine groups is 1. The van der Waals surface area contributed by atoms with Gasteiger partial charge in [-0.1, -0.05) is 29.8 Å². The average molecular weight is 373 g/mol. The van der Waals surface area contributed by atoms with Gasteiger partial charge in [-0.25, -0.2) is 0 Å². The van der Waals surface area contributed by atoms with E-state index in [1.165, 1.54) is 6.08 Å². The number of carbonyl (C=O) groups is 2. The van der Waals surface area contributed by atoms with Crippen molar-refractivity contribution < 1.29 is 19.1 Å². The molecule has 0 saturated carbocycles. The van der Waals surface area contributed by atoms with Crippen molar-refractivity contribution in [1.29, 1.82) is 0 Å². The van der Waals surface area contributed by atoms with Crippen molar-refractivity contribution in [1.82, 2.24) is 10.9 Å². The second kappa shape index (κ2) is 8.40. The number of rotatable bonds is 3. The van der Waals surface area contributed by atoms with Crippen LogP contribution in [0.1, 0.15) is 22.3 Å². The standard InChI is InChI=1S/C19H17ClN2O4/c20-15-11-13(12-16-18(15)26-10-4-9-25-16)7-8-17(23)21-22-19(24)14-5-2-1-3-6-14/h1-3,5-8,11-12H,4,9-10H2,(H,21,23)(H,22,24)/b8-7+. The van der Waals surface area contributed by atoms with Crippen LogP contribution >= 0.6 is 11.6 Å². The molecule has 0 spiro atoms. The highest BCUT2D eigenvalue weighted by Crippen LogP contribution is 2.38. The number of benzene rings is 2. The molecule has 2 aromatic carbocycles. The first-order valence-corrected chi connectivity index (χ1v) is 8.44. The van der Waals surface area contributed by atoms with Crippen LogP contribution in [0, 0.1) is 0 Å². The Kier molecular flexibility index (Phi) is 5.76. The summed E-state index contributed by atoms with van der Waals surface area (Å²) in [5.41, 5.74) is 5.80. The number of hydrogen-bond donors (Lipinski definition) is 2. The van der Waals surface area contributed by atoms with Gasteiger partial charge in [-0.3, -0.25) is 20.4 Å². The molecule has 0 aromatic heterocycles. The van der Waals surface area contributed by atoms with E-state index in [2.05, 4.69) is 10.9 Å². The van der Waals surface area contributed by atoms with E-state index in [4.69, 9.17) is 21.1 Å². The average Bonchev–Trinajstić information content (AvgIpc) is 2.91. The zero-order valence-electron chi connectivity index (χ0n) is 13.8. The molecule has 1 aliphatic rings. The smallest absolute Gasteiger partial charge is 0.269 e. The van der Waals surface area contributed by atoms with Gasteiger partial charge in [0, 0.05) is 18.1 Å². The van der Waals surface area contributed by atoms with Crippen molar-refractivity contribution >= 4 is 29.5 Å². The van der Waals surface area contributed by atoms with Crippen LogP contribution in [0.25, 0.3) is 6.08 Å². The Morgan fingerprint density at radius 1 is 1.04 bits per heavy atom. The summed E-state index contributed by atoms with van der Waals surface area (Å²) in [5.74, 6) is 0.192. The first kappa shape index (κ1) is 17.8. The molecule has 134 valence electrons. The molecule has 1 heterocycles. The Bertz CT molecular complexity index is 837. The number of amides is 2. The molecule has 0 saturated heterocycles. The Labute approximate surface area is 155 Å². The summed E-state index contributed by atoms with van der Waals surface area (Å²) in [4.78, 5) is 23.7. The van der Waals surface area contributed by atoms with Gasteiger partial charge in [0.1, 0.15) is 0 Å². The Morgan fingerprint density at radius 2 is 1.81 bits per heavy atom. The molecular formula is C19H17ClN2O4. The van der Waals surface area contributed by atoms with Crippen LogP contribution in [-0.2, 0) is 4.79 Å². The maximum atomic E-state index is 11.9. The van der Waals surface area contributed by atoms with Crippen LogP contribution in [-0.4, -0.2) is 25.0 Å². The second-order valence-electron chi connectivity index (χ2n) is 5.52. The first-order valence-electron chi connectivity index (χ1n) is 8.06. The summed E-state index contributed by atoms with van der Waals surface area (Å²) >= 11 is 6.21. The van der Waals surface area contributed by atoms with E-state index >= 15 is 0 Å². The highest BCUT2D eigenvalue weighted by atomic mass is 35.5. The molecule has 7 heteroatoms. The van der Waals surface area contributed by atoms with Gasteiger partial charge in [0.05, 0.1) is 18.2 Å². The topological polar surface area (TPSA) is 76.7 Å². The molecule has 0 atom stereocenters. The highest BCUT2D eigenvalue weighted by Gasteiger charge is 2.15. The fourth-order valence-electron chi connectivity index (χ4n) is 2.34. The summed E-state index contributed by atoms with van der Waals surface area (Å²) in [6.07, 6.45) is 3.64. The van der Waals surface area contributed by atoms with Gasteiger partial charge >= 0.3 is 0 Å². The maximum Gasteiger partial charge on any atom is 0.269 e. The van der Waals surface area contributed by atoms with Gasteiger partial charge in [0.15, 0.2) is 11.5 Å². The summed E-state index contributed by atoms with van der Waals surface area (Å²) in [7, 11) is 0. The van der Waals surface area contributed by atoms with Crippen LogP contribution in [0.2, 0.25) is 5.02 Å². The molecule has 2 amide bonds. The number of ether oxygens (including phenoxy) is 2. The summed E-state index contributed by atoms with van der Waals surface area (Å²) in [6.45, 7) is 1.09. The van der Waals surface area contributed by atoms with Gasteiger partial charge in [-0.15, -0.1) is 0 Å². The largest absolute Gasteiger partial charge is 0.489 e. The minimum atomic E-state index is -0.475. The molecular weight excluding hydrogens is 356 g/mol. The monoisotopic (exact) mass is 372 g/mol. The lowest BCUT2D eigenvalue weighted by Crippen LogP contribution is -2.40. The molecule has 0 fully saturated rings. The quantitative estimate of drug-likeness (QED) is 0.641. The molecule has 6 nitrogen and oxygen atoms in total. The third-order valence-corrected chi connectivity index (χ3v) is 3.87. The number of hydrogen-bond acceptors (Lipinski definition) is 4. The lowest BCUT2D eigenvalue weighted by molar-refractivity contribution is -0.117. The maximum absolute atomic E-state index is 11.9.